The molecule has 2 heterocycles. The van der Waals surface area contributed by atoms with E-state index in [1.54, 1.807) is 12.3 Å². The first-order chi connectivity index (χ1) is 7.97. The second-order valence-corrected chi connectivity index (χ2v) is 6.28. The van der Waals surface area contributed by atoms with Crippen LogP contribution in [0.25, 0.3) is 0 Å². The van der Waals surface area contributed by atoms with E-state index in [0.29, 0.717) is 13.1 Å². The van der Waals surface area contributed by atoms with Crippen molar-refractivity contribution < 1.29 is 8.42 Å². The summed E-state index contributed by atoms with van der Waals surface area (Å²) in [5.41, 5.74) is 6.36. The molecule has 0 spiro atoms. The first-order valence-corrected chi connectivity index (χ1v) is 7.35. The van der Waals surface area contributed by atoms with Crippen molar-refractivity contribution in [2.24, 2.45) is 0 Å². The number of nitrogen functional groups attached to an aromatic ring is 1. The third kappa shape index (κ3) is 2.92. The van der Waals surface area contributed by atoms with E-state index >= 15 is 0 Å². The van der Waals surface area contributed by atoms with Crippen molar-refractivity contribution in [3.63, 3.8) is 0 Å². The maximum atomic E-state index is 11.5. The largest absolute Gasteiger partial charge is 0.368 e. The molecule has 0 bridgehead atoms. The molecular formula is C10H16N4O2S. The van der Waals surface area contributed by atoms with Gasteiger partial charge in [-0.1, -0.05) is 0 Å². The molecule has 1 saturated heterocycles. The van der Waals surface area contributed by atoms with Gasteiger partial charge in [-0.05, 0) is 18.9 Å². The Morgan fingerprint density at radius 3 is 2.94 bits per heavy atom. The maximum absolute atomic E-state index is 11.5. The number of piperidine rings is 1. The molecule has 1 aromatic rings. The van der Waals surface area contributed by atoms with Crippen LogP contribution in [0.1, 0.15) is 24.5 Å². The summed E-state index contributed by atoms with van der Waals surface area (Å²) >= 11 is 0. The minimum atomic E-state index is -3.12. The standard InChI is InChI=1S/C10H16N4O2S/c1-17(15,16)14-6-2-3-8(7-14)9-4-5-12-10(11)13-9/h4-5,8H,2-3,6-7H2,1H3,(H2,11,12,13). The number of nitrogens with zero attached hydrogens (tertiary/aromatic N) is 3. The molecule has 1 aromatic heterocycles. The Labute approximate surface area is 101 Å². The lowest BCUT2D eigenvalue weighted by Crippen LogP contribution is -2.38. The van der Waals surface area contributed by atoms with Crippen LogP contribution in [0.4, 0.5) is 5.95 Å². The Balaban J connectivity index is 2.18. The fraction of sp³-hybridized carbons (Fsp3) is 0.600. The number of nitrogens with two attached hydrogens (primary N) is 1. The Kier molecular flexibility index (Phi) is 3.30. The predicted octanol–water partition coefficient (Wildman–Crippen LogP) is 0.198. The van der Waals surface area contributed by atoms with E-state index in [1.807, 2.05) is 0 Å². The van der Waals surface area contributed by atoms with E-state index in [0.717, 1.165) is 18.5 Å². The Hall–Kier alpha value is -1.21. The summed E-state index contributed by atoms with van der Waals surface area (Å²) in [6.07, 6.45) is 4.63. The minimum Gasteiger partial charge on any atom is -0.368 e. The fourth-order valence-electron chi connectivity index (χ4n) is 2.10. The SMILES string of the molecule is CS(=O)(=O)N1CCCC(c2ccnc(N)n2)C1. The van der Waals surface area contributed by atoms with Gasteiger partial charge in [0.05, 0.1) is 11.9 Å². The van der Waals surface area contributed by atoms with Crippen molar-refractivity contribution in [3.05, 3.63) is 18.0 Å². The molecule has 94 valence electrons. The summed E-state index contributed by atoms with van der Waals surface area (Å²) in [5, 5.41) is 0. The third-order valence-corrected chi connectivity index (χ3v) is 4.24. The molecule has 0 saturated carbocycles. The molecule has 1 atom stereocenters. The van der Waals surface area contributed by atoms with E-state index in [-0.39, 0.29) is 11.9 Å². The van der Waals surface area contributed by atoms with Crippen LogP contribution in [0.15, 0.2) is 12.3 Å². The zero-order valence-electron chi connectivity index (χ0n) is 9.70. The van der Waals surface area contributed by atoms with Gasteiger partial charge in [0.25, 0.3) is 0 Å². The molecule has 7 heteroatoms. The van der Waals surface area contributed by atoms with Gasteiger partial charge in [-0.25, -0.2) is 22.7 Å². The van der Waals surface area contributed by atoms with Crippen molar-refractivity contribution in [1.29, 1.82) is 0 Å². The van der Waals surface area contributed by atoms with Gasteiger partial charge < -0.3 is 5.73 Å². The van der Waals surface area contributed by atoms with Gasteiger partial charge in [0.15, 0.2) is 0 Å². The van der Waals surface area contributed by atoms with Crippen LogP contribution in [0.2, 0.25) is 0 Å². The van der Waals surface area contributed by atoms with Crippen LogP contribution in [-0.2, 0) is 10.0 Å². The second kappa shape index (κ2) is 4.58. The summed E-state index contributed by atoms with van der Waals surface area (Å²) in [6.45, 7) is 1.07. The summed E-state index contributed by atoms with van der Waals surface area (Å²) < 4.78 is 24.5. The first-order valence-electron chi connectivity index (χ1n) is 5.50. The van der Waals surface area contributed by atoms with Gasteiger partial charge in [0, 0.05) is 25.2 Å². The Morgan fingerprint density at radius 2 is 2.29 bits per heavy atom. The lowest BCUT2D eigenvalue weighted by molar-refractivity contribution is 0.314. The summed E-state index contributed by atoms with van der Waals surface area (Å²) in [5.74, 6) is 0.350. The zero-order chi connectivity index (χ0) is 12.5. The number of hydrogen-bond donors (Lipinski definition) is 1. The third-order valence-electron chi connectivity index (χ3n) is 2.97. The van der Waals surface area contributed by atoms with Crippen LogP contribution >= 0.6 is 0 Å². The molecule has 1 aliphatic heterocycles. The molecule has 1 unspecified atom stereocenters. The number of rotatable bonds is 2. The van der Waals surface area contributed by atoms with Gasteiger partial charge in [-0.2, -0.15) is 0 Å². The molecule has 2 rings (SSSR count). The molecule has 17 heavy (non-hydrogen) atoms. The highest BCUT2D eigenvalue weighted by molar-refractivity contribution is 7.88. The zero-order valence-corrected chi connectivity index (χ0v) is 10.5. The Morgan fingerprint density at radius 1 is 1.53 bits per heavy atom. The van der Waals surface area contributed by atoms with Crippen LogP contribution in [0.3, 0.4) is 0 Å². The van der Waals surface area contributed by atoms with E-state index in [9.17, 15) is 8.42 Å². The smallest absolute Gasteiger partial charge is 0.220 e. The summed E-state index contributed by atoms with van der Waals surface area (Å²) in [4.78, 5) is 8.00. The highest BCUT2D eigenvalue weighted by Gasteiger charge is 2.27. The van der Waals surface area contributed by atoms with Crippen LogP contribution in [0.5, 0.6) is 0 Å². The first kappa shape index (κ1) is 12.3. The Bertz CT molecular complexity index is 503. The molecule has 6 nitrogen and oxygen atoms in total. The average Bonchev–Trinajstić information content (AvgIpc) is 2.28. The second-order valence-electron chi connectivity index (χ2n) is 4.30. The molecule has 0 amide bonds. The summed E-state index contributed by atoms with van der Waals surface area (Å²) in [6, 6.07) is 1.80. The summed E-state index contributed by atoms with van der Waals surface area (Å²) in [7, 11) is -3.12. The van der Waals surface area contributed by atoms with Crippen LogP contribution in [-0.4, -0.2) is 42.0 Å². The highest BCUT2D eigenvalue weighted by Crippen LogP contribution is 2.26. The minimum absolute atomic E-state index is 0.115. The molecule has 1 fully saturated rings. The molecule has 2 N–H and O–H groups in total. The topological polar surface area (TPSA) is 89.2 Å². The molecule has 0 aromatic carbocycles. The van der Waals surface area contributed by atoms with E-state index in [4.69, 9.17) is 5.73 Å². The normalized spacial score (nSPS) is 22.5. The monoisotopic (exact) mass is 256 g/mol. The molecule has 1 aliphatic rings. The number of hydrogen-bond acceptors (Lipinski definition) is 5. The lowest BCUT2D eigenvalue weighted by Gasteiger charge is -2.30. The predicted molar refractivity (Wildman–Crippen MR) is 64.8 cm³/mol. The van der Waals surface area contributed by atoms with Gasteiger partial charge in [-0.15, -0.1) is 0 Å². The number of aromatic nitrogens is 2. The van der Waals surface area contributed by atoms with E-state index in [2.05, 4.69) is 9.97 Å². The van der Waals surface area contributed by atoms with Crippen LogP contribution < -0.4 is 5.73 Å². The van der Waals surface area contributed by atoms with Crippen molar-refractivity contribution in [2.45, 2.75) is 18.8 Å². The molecule has 0 radical (unpaired) electrons. The number of anilines is 1. The van der Waals surface area contributed by atoms with Crippen molar-refractivity contribution in [1.82, 2.24) is 14.3 Å². The molecular weight excluding hydrogens is 240 g/mol. The number of sulfonamides is 1. The van der Waals surface area contributed by atoms with Crippen molar-refractivity contribution in [2.75, 3.05) is 25.1 Å². The van der Waals surface area contributed by atoms with Gasteiger partial charge in [-0.3, -0.25) is 0 Å². The quantitative estimate of drug-likeness (QED) is 0.816. The van der Waals surface area contributed by atoms with Crippen molar-refractivity contribution in [3.8, 4) is 0 Å². The average molecular weight is 256 g/mol. The molecule has 0 aliphatic carbocycles. The van der Waals surface area contributed by atoms with Crippen molar-refractivity contribution >= 4 is 16.0 Å². The van der Waals surface area contributed by atoms with E-state index < -0.39 is 10.0 Å². The fourth-order valence-corrected chi connectivity index (χ4v) is 3.01. The lowest BCUT2D eigenvalue weighted by atomic mass is 9.96. The van der Waals surface area contributed by atoms with E-state index in [1.165, 1.54) is 10.6 Å². The van der Waals surface area contributed by atoms with Gasteiger partial charge in [0.2, 0.25) is 16.0 Å². The maximum Gasteiger partial charge on any atom is 0.220 e. The van der Waals surface area contributed by atoms with Gasteiger partial charge in [0.1, 0.15) is 0 Å². The van der Waals surface area contributed by atoms with Crippen LogP contribution in [0, 0.1) is 0 Å². The highest BCUT2D eigenvalue weighted by atomic mass is 32.2. The van der Waals surface area contributed by atoms with Gasteiger partial charge >= 0.3 is 0 Å².